The van der Waals surface area contributed by atoms with Crippen molar-refractivity contribution in [1.82, 2.24) is 8.75 Å². The highest BCUT2D eigenvalue weighted by Crippen LogP contribution is 2.36. The molecule has 0 spiro atoms. The molecule has 0 bridgehead atoms. The van der Waals surface area contributed by atoms with Crippen LogP contribution in [0.4, 0.5) is 5.69 Å². The van der Waals surface area contributed by atoms with Gasteiger partial charge in [0, 0.05) is 17.8 Å². The van der Waals surface area contributed by atoms with Crippen LogP contribution in [0.15, 0.2) is 12.1 Å². The minimum atomic E-state index is 0.0641. The van der Waals surface area contributed by atoms with Gasteiger partial charge in [-0.05, 0) is 12.1 Å². The fraction of sp³-hybridized carbons (Fsp3) is 0.300. The largest absolute Gasteiger partial charge is 0.308 e. The van der Waals surface area contributed by atoms with Crippen molar-refractivity contribution in [2.75, 3.05) is 11.4 Å². The Morgan fingerprint density at radius 1 is 1.47 bits per heavy atom. The molecule has 2 aromatic rings. The van der Waals surface area contributed by atoms with E-state index in [4.69, 9.17) is 11.6 Å². The molecule has 7 heteroatoms. The van der Waals surface area contributed by atoms with Gasteiger partial charge < -0.3 is 4.90 Å². The van der Waals surface area contributed by atoms with Crippen LogP contribution in [0.3, 0.4) is 0 Å². The summed E-state index contributed by atoms with van der Waals surface area (Å²) in [6.45, 7) is 0.620. The molecule has 3 rings (SSSR count). The standard InChI is InChI=1S/C10H7BrClN3OS/c11-5-3-8(16)15(4-5)10-6(12)1-2-7-9(10)14-17-13-7/h1-2,5H,3-4H2. The maximum Gasteiger partial charge on any atom is 0.228 e. The predicted molar refractivity (Wildman–Crippen MR) is 72.1 cm³/mol. The summed E-state index contributed by atoms with van der Waals surface area (Å²) in [5.41, 5.74) is 2.17. The van der Waals surface area contributed by atoms with Gasteiger partial charge in [-0.1, -0.05) is 27.5 Å². The molecule has 1 aromatic carbocycles. The number of carbonyl (C=O) groups is 1. The van der Waals surface area contributed by atoms with Gasteiger partial charge in [0.25, 0.3) is 0 Å². The summed E-state index contributed by atoms with van der Waals surface area (Å²) >= 11 is 10.8. The van der Waals surface area contributed by atoms with Crippen LogP contribution >= 0.6 is 39.3 Å². The first-order valence-corrected chi connectivity index (χ1v) is 7.04. The number of benzene rings is 1. The molecule has 0 N–H and O–H groups in total. The van der Waals surface area contributed by atoms with Gasteiger partial charge in [0.15, 0.2) is 0 Å². The van der Waals surface area contributed by atoms with Crippen LogP contribution in [0.1, 0.15) is 6.42 Å². The normalized spacial score (nSPS) is 20.5. The number of hydrogen-bond acceptors (Lipinski definition) is 4. The molecule has 88 valence electrons. The number of hydrogen-bond donors (Lipinski definition) is 0. The maximum absolute atomic E-state index is 11.9. The molecule has 1 atom stereocenters. The van der Waals surface area contributed by atoms with E-state index >= 15 is 0 Å². The molecule has 2 heterocycles. The molecule has 1 aliphatic rings. The minimum absolute atomic E-state index is 0.0641. The van der Waals surface area contributed by atoms with E-state index in [2.05, 4.69) is 24.7 Å². The highest BCUT2D eigenvalue weighted by Gasteiger charge is 2.31. The Morgan fingerprint density at radius 3 is 3.00 bits per heavy atom. The first-order chi connectivity index (χ1) is 8.16. The second kappa shape index (κ2) is 4.19. The van der Waals surface area contributed by atoms with Crippen LogP contribution in [-0.4, -0.2) is 26.0 Å². The molecular formula is C10H7BrClN3OS. The van der Waals surface area contributed by atoms with Crippen molar-refractivity contribution in [3.05, 3.63) is 17.2 Å². The van der Waals surface area contributed by atoms with Gasteiger partial charge in [-0.3, -0.25) is 4.79 Å². The van der Waals surface area contributed by atoms with E-state index in [9.17, 15) is 4.79 Å². The first-order valence-electron chi connectivity index (χ1n) is 5.02. The van der Waals surface area contributed by atoms with E-state index in [0.717, 1.165) is 17.2 Å². The van der Waals surface area contributed by atoms with Gasteiger partial charge in [0.05, 0.1) is 22.4 Å². The average molecular weight is 333 g/mol. The minimum Gasteiger partial charge on any atom is -0.308 e. The Bertz CT molecular complexity index is 602. The molecule has 0 radical (unpaired) electrons. The van der Waals surface area contributed by atoms with Gasteiger partial charge >= 0.3 is 0 Å². The van der Waals surface area contributed by atoms with Crippen LogP contribution in [0.2, 0.25) is 5.02 Å². The Balaban J connectivity index is 2.19. The van der Waals surface area contributed by atoms with Gasteiger partial charge in [-0.2, -0.15) is 8.75 Å². The molecule has 1 amide bonds. The van der Waals surface area contributed by atoms with Gasteiger partial charge in [0.1, 0.15) is 11.0 Å². The summed E-state index contributed by atoms with van der Waals surface area (Å²) in [4.78, 5) is 13.8. The van der Waals surface area contributed by atoms with Crippen molar-refractivity contribution in [3.63, 3.8) is 0 Å². The van der Waals surface area contributed by atoms with E-state index in [1.165, 1.54) is 0 Å². The third kappa shape index (κ3) is 1.84. The molecule has 1 fully saturated rings. The molecule has 4 nitrogen and oxygen atoms in total. The number of amides is 1. The summed E-state index contributed by atoms with van der Waals surface area (Å²) in [5.74, 6) is 0.0641. The van der Waals surface area contributed by atoms with Crippen molar-refractivity contribution >= 4 is 61.9 Å². The van der Waals surface area contributed by atoms with Crippen LogP contribution in [-0.2, 0) is 4.79 Å². The molecule has 1 aliphatic heterocycles. The number of anilines is 1. The lowest BCUT2D eigenvalue weighted by atomic mass is 10.2. The number of rotatable bonds is 1. The van der Waals surface area contributed by atoms with Crippen LogP contribution in [0.25, 0.3) is 11.0 Å². The van der Waals surface area contributed by atoms with Gasteiger partial charge in [-0.15, -0.1) is 0 Å². The van der Waals surface area contributed by atoms with Crippen molar-refractivity contribution in [3.8, 4) is 0 Å². The summed E-state index contributed by atoms with van der Waals surface area (Å²) in [5, 5.41) is 0.542. The summed E-state index contributed by atoms with van der Waals surface area (Å²) in [6, 6.07) is 3.58. The third-order valence-electron chi connectivity index (χ3n) is 2.70. The SMILES string of the molecule is O=C1CC(Br)CN1c1c(Cl)ccc2nsnc12. The zero-order valence-corrected chi connectivity index (χ0v) is 11.7. The Morgan fingerprint density at radius 2 is 2.29 bits per heavy atom. The quantitative estimate of drug-likeness (QED) is 0.754. The molecule has 0 saturated carbocycles. The highest BCUT2D eigenvalue weighted by atomic mass is 79.9. The highest BCUT2D eigenvalue weighted by molar-refractivity contribution is 9.09. The van der Waals surface area contributed by atoms with Gasteiger partial charge in [0.2, 0.25) is 5.91 Å². The smallest absolute Gasteiger partial charge is 0.228 e. The lowest BCUT2D eigenvalue weighted by Gasteiger charge is -2.17. The molecule has 17 heavy (non-hydrogen) atoms. The van der Waals surface area contributed by atoms with Crippen LogP contribution < -0.4 is 4.90 Å². The Labute approximate surface area is 115 Å². The van der Waals surface area contributed by atoms with Crippen molar-refractivity contribution in [2.24, 2.45) is 0 Å². The summed E-state index contributed by atoms with van der Waals surface area (Å²) in [7, 11) is 0. The zero-order chi connectivity index (χ0) is 12.0. The average Bonchev–Trinajstić information content (AvgIpc) is 2.85. The predicted octanol–water partition coefficient (Wildman–Crippen LogP) is 2.84. The zero-order valence-electron chi connectivity index (χ0n) is 8.56. The number of carbonyl (C=O) groups excluding carboxylic acids is 1. The Hall–Kier alpha value is -0.720. The number of halogens is 2. The number of nitrogens with zero attached hydrogens (tertiary/aromatic N) is 3. The van der Waals surface area contributed by atoms with E-state index in [-0.39, 0.29) is 10.7 Å². The number of aromatic nitrogens is 2. The number of fused-ring (bicyclic) bond motifs is 1. The monoisotopic (exact) mass is 331 g/mol. The van der Waals surface area contributed by atoms with Crippen LogP contribution in [0, 0.1) is 0 Å². The lowest BCUT2D eigenvalue weighted by molar-refractivity contribution is -0.117. The van der Waals surface area contributed by atoms with Crippen molar-refractivity contribution < 1.29 is 4.79 Å². The maximum atomic E-state index is 11.9. The van der Waals surface area contributed by atoms with E-state index < -0.39 is 0 Å². The molecule has 1 aromatic heterocycles. The third-order valence-corrected chi connectivity index (χ3v) is 4.16. The molecule has 1 unspecified atom stereocenters. The van der Waals surface area contributed by atoms with E-state index in [1.54, 1.807) is 11.0 Å². The molecule has 1 saturated heterocycles. The van der Waals surface area contributed by atoms with Crippen molar-refractivity contribution in [2.45, 2.75) is 11.2 Å². The van der Waals surface area contributed by atoms with E-state index in [1.807, 2.05) is 6.07 Å². The fourth-order valence-electron chi connectivity index (χ4n) is 1.95. The topological polar surface area (TPSA) is 46.1 Å². The van der Waals surface area contributed by atoms with Gasteiger partial charge in [-0.25, -0.2) is 0 Å². The van der Waals surface area contributed by atoms with Crippen LogP contribution in [0.5, 0.6) is 0 Å². The van der Waals surface area contributed by atoms with Crippen molar-refractivity contribution in [1.29, 1.82) is 0 Å². The van der Waals surface area contributed by atoms with E-state index in [0.29, 0.717) is 29.2 Å². The lowest BCUT2D eigenvalue weighted by Crippen LogP contribution is -2.25. The summed E-state index contributed by atoms with van der Waals surface area (Å²) < 4.78 is 8.38. The Kier molecular flexibility index (Phi) is 2.80. The first kappa shape index (κ1) is 11.4. The fourth-order valence-corrected chi connectivity index (χ4v) is 3.31. The molecular weight excluding hydrogens is 326 g/mol. The second-order valence-electron chi connectivity index (χ2n) is 3.83. The number of alkyl halides is 1. The summed E-state index contributed by atoms with van der Waals surface area (Å²) in [6.07, 6.45) is 0.490. The molecule has 0 aliphatic carbocycles. The second-order valence-corrected chi connectivity index (χ2v) is 6.06.